The lowest BCUT2D eigenvalue weighted by atomic mass is 9.51. The van der Waals surface area contributed by atoms with Gasteiger partial charge in [-0.05, 0) is 61.8 Å². The number of amides is 1. The third-order valence-corrected chi connectivity index (χ3v) is 9.29. The number of esters is 1. The van der Waals surface area contributed by atoms with Crippen molar-refractivity contribution in [2.45, 2.75) is 71.3 Å². The van der Waals surface area contributed by atoms with Gasteiger partial charge < -0.3 is 14.8 Å². The average molecular weight is 532 g/mol. The molecule has 5 rings (SSSR count). The molecule has 2 aliphatic carbocycles. The quantitative estimate of drug-likeness (QED) is 0.275. The van der Waals surface area contributed by atoms with Crippen LogP contribution in [-0.4, -0.2) is 47.3 Å². The maximum absolute atomic E-state index is 14.3. The number of fused-ring (bicyclic) bond motifs is 2. The van der Waals surface area contributed by atoms with Crippen molar-refractivity contribution >= 4 is 23.4 Å². The Morgan fingerprint density at radius 2 is 1.85 bits per heavy atom. The van der Waals surface area contributed by atoms with Crippen LogP contribution >= 0.6 is 0 Å². The molecule has 0 aromatic heterocycles. The lowest BCUT2D eigenvalue weighted by Crippen LogP contribution is -2.58. The number of nitrogens with one attached hydrogen (secondary N) is 1. The van der Waals surface area contributed by atoms with Crippen molar-refractivity contribution in [3.63, 3.8) is 0 Å². The Balaban J connectivity index is 1.61. The van der Waals surface area contributed by atoms with E-state index in [-0.39, 0.29) is 35.8 Å². The normalized spacial score (nSPS) is 42.6. The van der Waals surface area contributed by atoms with Gasteiger partial charge in [0.05, 0.1) is 11.7 Å². The number of ether oxygens (including phenoxy) is 2. The second kappa shape index (κ2) is 10.0. The van der Waals surface area contributed by atoms with Gasteiger partial charge in [-0.15, -0.1) is 0 Å². The zero-order valence-electron chi connectivity index (χ0n) is 23.2. The standard InChI is InChI=1S/C32H37NO6/c1-18-10-9-13-23-29-31(5,39-29)20(3)27-24(17-22-11-7-6-8-12-22)33-30(37)32(23,27)26(36)15-14-25(35)28(19(2)16-18)38-21(4)34/h6-9,11-16,18,20,23-24,27-29H,10,17H2,1-5H3,(H,33,37)/b13-9-,15-14-,19-16-/t18-,20-,23-,24-,27-,28+,29-,31+,32-/m0/s1. The molecule has 1 aromatic carbocycles. The number of allylic oxidation sites excluding steroid dienone is 3. The van der Waals surface area contributed by atoms with Crippen LogP contribution in [0.1, 0.15) is 46.6 Å². The smallest absolute Gasteiger partial charge is 0.303 e. The van der Waals surface area contributed by atoms with Gasteiger partial charge in [0.25, 0.3) is 0 Å². The molecule has 7 nitrogen and oxygen atoms in total. The molecule has 0 bridgehead atoms. The molecule has 2 heterocycles. The topological polar surface area (TPSA) is 102 Å². The first-order valence-electron chi connectivity index (χ1n) is 13.8. The minimum absolute atomic E-state index is 0.0385. The van der Waals surface area contributed by atoms with Crippen molar-refractivity contribution in [1.29, 1.82) is 0 Å². The lowest BCUT2D eigenvalue weighted by Gasteiger charge is -2.45. The van der Waals surface area contributed by atoms with Gasteiger partial charge in [-0.25, -0.2) is 0 Å². The van der Waals surface area contributed by atoms with Crippen molar-refractivity contribution in [3.8, 4) is 0 Å². The number of epoxide rings is 1. The van der Waals surface area contributed by atoms with E-state index in [1.807, 2.05) is 55.5 Å². The highest BCUT2D eigenvalue weighted by molar-refractivity contribution is 6.15. The summed E-state index contributed by atoms with van der Waals surface area (Å²) < 4.78 is 11.7. The molecule has 0 unspecified atom stereocenters. The fraction of sp³-hybridized carbons (Fsp3) is 0.500. The van der Waals surface area contributed by atoms with Crippen molar-refractivity contribution in [3.05, 3.63) is 71.8 Å². The van der Waals surface area contributed by atoms with E-state index in [0.717, 1.165) is 5.56 Å². The van der Waals surface area contributed by atoms with Gasteiger partial charge in [-0.2, -0.15) is 0 Å². The summed E-state index contributed by atoms with van der Waals surface area (Å²) >= 11 is 0. The number of hydrogen-bond acceptors (Lipinski definition) is 6. The van der Waals surface area contributed by atoms with Gasteiger partial charge in [0.1, 0.15) is 5.41 Å². The van der Waals surface area contributed by atoms with E-state index in [1.165, 1.54) is 19.1 Å². The molecule has 39 heavy (non-hydrogen) atoms. The first-order valence-corrected chi connectivity index (χ1v) is 13.8. The van der Waals surface area contributed by atoms with Crippen LogP contribution in [0.15, 0.2) is 66.3 Å². The second-order valence-corrected chi connectivity index (χ2v) is 11.8. The van der Waals surface area contributed by atoms with Gasteiger partial charge in [-0.1, -0.05) is 62.4 Å². The van der Waals surface area contributed by atoms with Crippen molar-refractivity contribution < 1.29 is 28.7 Å². The van der Waals surface area contributed by atoms with Gasteiger partial charge >= 0.3 is 5.97 Å². The Bertz CT molecular complexity index is 1280. The first-order chi connectivity index (χ1) is 18.5. The summed E-state index contributed by atoms with van der Waals surface area (Å²) in [5, 5.41) is 3.19. The maximum atomic E-state index is 14.3. The minimum Gasteiger partial charge on any atom is -0.450 e. The molecular formula is C32H37NO6. The number of carbonyl (C=O) groups is 4. The predicted molar refractivity (Wildman–Crippen MR) is 145 cm³/mol. The fourth-order valence-corrected chi connectivity index (χ4v) is 7.30. The highest BCUT2D eigenvalue weighted by atomic mass is 16.6. The summed E-state index contributed by atoms with van der Waals surface area (Å²) in [6.45, 7) is 9.16. The summed E-state index contributed by atoms with van der Waals surface area (Å²) in [5.74, 6) is -2.68. The van der Waals surface area contributed by atoms with E-state index < -0.39 is 40.6 Å². The molecule has 1 saturated carbocycles. The molecule has 4 aliphatic rings. The highest BCUT2D eigenvalue weighted by Gasteiger charge is 2.78. The Morgan fingerprint density at radius 3 is 2.54 bits per heavy atom. The predicted octanol–water partition coefficient (Wildman–Crippen LogP) is 3.92. The largest absolute Gasteiger partial charge is 0.450 e. The molecule has 2 saturated heterocycles. The second-order valence-electron chi connectivity index (χ2n) is 11.8. The Labute approximate surface area is 229 Å². The van der Waals surface area contributed by atoms with E-state index in [2.05, 4.69) is 19.2 Å². The number of benzene rings is 1. The number of hydrogen-bond donors (Lipinski definition) is 1. The molecule has 1 N–H and O–H groups in total. The van der Waals surface area contributed by atoms with Crippen LogP contribution in [0.4, 0.5) is 0 Å². The van der Waals surface area contributed by atoms with Crippen molar-refractivity contribution in [1.82, 2.24) is 5.32 Å². The summed E-state index contributed by atoms with van der Waals surface area (Å²) in [4.78, 5) is 53.4. The Morgan fingerprint density at radius 1 is 1.13 bits per heavy atom. The van der Waals surface area contributed by atoms with E-state index >= 15 is 0 Å². The fourth-order valence-electron chi connectivity index (χ4n) is 7.30. The van der Waals surface area contributed by atoms with Crippen LogP contribution in [-0.2, 0) is 35.1 Å². The molecule has 1 amide bonds. The number of ketones is 2. The van der Waals surface area contributed by atoms with Crippen LogP contribution in [0.25, 0.3) is 0 Å². The third-order valence-electron chi connectivity index (χ3n) is 9.29. The number of carbonyl (C=O) groups excluding carboxylic acids is 4. The molecule has 2 aliphatic heterocycles. The molecular weight excluding hydrogens is 494 g/mol. The monoisotopic (exact) mass is 531 g/mol. The molecule has 1 aromatic rings. The SMILES string of the molecule is CC(=O)O[C@H]1C(=O)/C=C\C(=O)[C@]23C(=O)N[C@@H](Cc4ccccc4)[C@@H]2[C@H](C)[C@@]2(C)O[C@H]2[C@@H]3/C=C\C[C@H](C)/C=C\1C. The Kier molecular flexibility index (Phi) is 7.00. The summed E-state index contributed by atoms with van der Waals surface area (Å²) in [6.07, 6.45) is 8.15. The zero-order chi connectivity index (χ0) is 28.1. The van der Waals surface area contributed by atoms with Crippen LogP contribution < -0.4 is 5.32 Å². The van der Waals surface area contributed by atoms with Crippen molar-refractivity contribution in [2.24, 2.45) is 29.1 Å². The lowest BCUT2D eigenvalue weighted by molar-refractivity contribution is -0.149. The molecule has 0 radical (unpaired) electrons. The van der Waals surface area contributed by atoms with Crippen LogP contribution in [0.5, 0.6) is 0 Å². The first kappa shape index (κ1) is 27.3. The van der Waals surface area contributed by atoms with E-state index in [4.69, 9.17) is 9.47 Å². The van der Waals surface area contributed by atoms with Crippen LogP contribution in [0.3, 0.4) is 0 Å². The van der Waals surface area contributed by atoms with Gasteiger partial charge in [0.15, 0.2) is 11.9 Å². The van der Waals surface area contributed by atoms with Crippen LogP contribution in [0, 0.1) is 29.1 Å². The Hall–Kier alpha value is -3.32. The maximum Gasteiger partial charge on any atom is 0.303 e. The van der Waals surface area contributed by atoms with E-state index in [9.17, 15) is 19.2 Å². The van der Waals surface area contributed by atoms with E-state index in [0.29, 0.717) is 18.4 Å². The summed E-state index contributed by atoms with van der Waals surface area (Å²) in [6, 6.07) is 9.66. The summed E-state index contributed by atoms with van der Waals surface area (Å²) in [5.41, 5.74) is -0.177. The molecule has 206 valence electrons. The van der Waals surface area contributed by atoms with Crippen LogP contribution in [0.2, 0.25) is 0 Å². The highest BCUT2D eigenvalue weighted by Crippen LogP contribution is 2.66. The zero-order valence-corrected chi connectivity index (χ0v) is 23.2. The van der Waals surface area contributed by atoms with Crippen molar-refractivity contribution in [2.75, 3.05) is 0 Å². The third kappa shape index (κ3) is 4.50. The van der Waals surface area contributed by atoms with E-state index in [1.54, 1.807) is 6.92 Å². The van der Waals surface area contributed by atoms with Gasteiger partial charge in [0, 0.05) is 24.8 Å². The van der Waals surface area contributed by atoms with Gasteiger partial charge in [0.2, 0.25) is 11.7 Å². The molecule has 7 heteroatoms. The molecule has 1 spiro atoms. The molecule has 3 fully saturated rings. The molecule has 9 atom stereocenters. The summed E-state index contributed by atoms with van der Waals surface area (Å²) in [7, 11) is 0. The minimum atomic E-state index is -1.41. The average Bonchev–Trinajstić information content (AvgIpc) is 3.50. The van der Waals surface area contributed by atoms with Gasteiger partial charge in [-0.3, -0.25) is 19.2 Å². The number of rotatable bonds is 3.